The lowest BCUT2D eigenvalue weighted by molar-refractivity contribution is 0.356. The number of fused-ring (bicyclic) bond motifs is 8. The van der Waals surface area contributed by atoms with Crippen LogP contribution in [0, 0.1) is 64.8 Å². The van der Waals surface area contributed by atoms with E-state index in [1.165, 1.54) is 36.2 Å². The Labute approximate surface area is 686 Å². The summed E-state index contributed by atoms with van der Waals surface area (Å²) in [6.45, 7) is 16.1. The van der Waals surface area contributed by atoms with Crippen LogP contribution in [0.4, 0.5) is 41.4 Å². The molecule has 0 saturated carbocycles. The fraction of sp³-hybridized carbons (Fsp3) is 0.250. The summed E-state index contributed by atoms with van der Waals surface area (Å²) in [4.78, 5) is 51.8. The number of anilines is 4. The summed E-state index contributed by atoms with van der Waals surface area (Å²) in [6.07, 6.45) is 24.2. The molecule has 0 atom stereocenters. The number of nitrogens with zero attached hydrogens (tertiary/aromatic N) is 18. The maximum Gasteiger partial charge on any atom is 0.208 e. The molecule has 16 aromatic rings. The van der Waals surface area contributed by atoms with Crippen molar-refractivity contribution in [2.24, 2.45) is 7.05 Å². The van der Waals surface area contributed by atoms with Gasteiger partial charge in [0, 0.05) is 212 Å². The fourth-order valence-electron chi connectivity index (χ4n) is 15.6. The van der Waals surface area contributed by atoms with Crippen LogP contribution in [0.1, 0.15) is 84.2 Å². The number of hydrogen-bond donors (Lipinski definition) is 4. The van der Waals surface area contributed by atoms with E-state index in [1.54, 1.807) is 67.5 Å². The van der Waals surface area contributed by atoms with E-state index in [1.807, 2.05) is 108 Å². The molecule has 0 aliphatic carbocycles. The monoisotopic (exact) mass is 1620 g/mol. The molecular formula is C88H83ClF4N22O4. The van der Waals surface area contributed by atoms with Crippen LogP contribution in [0.3, 0.4) is 0 Å². The van der Waals surface area contributed by atoms with Gasteiger partial charge in [-0.2, -0.15) is 5.10 Å². The molecule has 15 heterocycles. The second-order valence-corrected chi connectivity index (χ2v) is 30.1. The van der Waals surface area contributed by atoms with Crippen molar-refractivity contribution in [2.75, 3.05) is 61.8 Å². The number of imidazole rings is 4. The van der Waals surface area contributed by atoms with Gasteiger partial charge in [0.2, 0.25) is 23.8 Å². The summed E-state index contributed by atoms with van der Waals surface area (Å²) in [5, 5.41) is 18.1. The third-order valence-electron chi connectivity index (χ3n) is 21.2. The van der Waals surface area contributed by atoms with Gasteiger partial charge in [-0.15, -0.1) is 0 Å². The first-order valence-electron chi connectivity index (χ1n) is 38.9. The Morgan fingerprint density at radius 2 is 0.782 bits per heavy atom. The predicted molar refractivity (Wildman–Crippen MR) is 446 cm³/mol. The van der Waals surface area contributed by atoms with Crippen LogP contribution in [0.15, 0.2) is 159 Å². The van der Waals surface area contributed by atoms with E-state index < -0.39 is 0 Å². The van der Waals surface area contributed by atoms with Gasteiger partial charge in [0.1, 0.15) is 69.5 Å². The normalized spacial score (nSPS) is 12.9. The lowest BCUT2D eigenvalue weighted by Gasteiger charge is -2.13. The number of hydrogen-bond acceptors (Lipinski definition) is 21. The number of rotatable bonds is 18. The maximum absolute atomic E-state index is 14.5. The van der Waals surface area contributed by atoms with Crippen molar-refractivity contribution >= 4 is 58.0 Å². The van der Waals surface area contributed by atoms with Gasteiger partial charge >= 0.3 is 0 Å². The molecule has 0 bridgehead atoms. The van der Waals surface area contributed by atoms with Crippen LogP contribution in [0.25, 0.3) is 67.2 Å². The summed E-state index contributed by atoms with van der Waals surface area (Å²) in [7, 11) is 6.02. The topological polar surface area (TPSA) is 266 Å². The molecule has 0 fully saturated rings. The van der Waals surface area contributed by atoms with Gasteiger partial charge in [0.15, 0.2) is 5.65 Å². The number of aryl methyl sites for hydroxylation is 7. The summed E-state index contributed by atoms with van der Waals surface area (Å²) in [5.41, 5.74) is 22.9. The number of pyridine rings is 1. The number of ether oxygens (including phenoxy) is 4. The molecule has 5 aromatic carbocycles. The zero-order valence-electron chi connectivity index (χ0n) is 66.8. The van der Waals surface area contributed by atoms with E-state index in [2.05, 4.69) is 119 Å². The van der Waals surface area contributed by atoms with Crippen LogP contribution in [0.2, 0.25) is 5.02 Å². The number of benzene rings is 5. The highest BCUT2D eigenvalue weighted by atomic mass is 35.5. The summed E-state index contributed by atoms with van der Waals surface area (Å²) >= 11 is 6.34. The van der Waals surface area contributed by atoms with Gasteiger partial charge in [-0.1, -0.05) is 35.9 Å². The molecule has 4 aliphatic heterocycles. The summed E-state index contributed by atoms with van der Waals surface area (Å²) in [6, 6.07) is 24.8. The van der Waals surface area contributed by atoms with Crippen molar-refractivity contribution in [3.63, 3.8) is 0 Å². The lowest BCUT2D eigenvalue weighted by Crippen LogP contribution is -2.10. The van der Waals surface area contributed by atoms with Crippen LogP contribution in [0.5, 0.6) is 23.0 Å². The molecule has 604 valence electrons. The number of halogens is 5. The van der Waals surface area contributed by atoms with E-state index in [0.717, 1.165) is 160 Å². The van der Waals surface area contributed by atoms with E-state index in [9.17, 15) is 17.6 Å². The largest absolute Gasteiger partial charge is 0.493 e. The second kappa shape index (κ2) is 33.2. The molecule has 0 amide bonds. The maximum atomic E-state index is 14.5. The van der Waals surface area contributed by atoms with E-state index in [-0.39, 0.29) is 23.3 Å². The highest BCUT2D eigenvalue weighted by Crippen LogP contribution is 2.38. The third kappa shape index (κ3) is 15.9. The molecule has 0 radical (unpaired) electrons. The van der Waals surface area contributed by atoms with Crippen molar-refractivity contribution in [3.05, 3.63) is 272 Å². The molecular weight excluding hydrogens is 1540 g/mol. The van der Waals surface area contributed by atoms with E-state index in [4.69, 9.17) is 35.5 Å². The Morgan fingerprint density at radius 1 is 0.412 bits per heavy atom. The molecule has 119 heavy (non-hydrogen) atoms. The van der Waals surface area contributed by atoms with Crippen molar-refractivity contribution in [1.82, 2.24) is 87.1 Å². The zero-order chi connectivity index (χ0) is 82.3. The first-order chi connectivity index (χ1) is 57.7. The molecule has 26 nitrogen and oxygen atoms in total. The van der Waals surface area contributed by atoms with Crippen molar-refractivity contribution in [1.29, 1.82) is 0 Å². The fourth-order valence-corrected chi connectivity index (χ4v) is 15.8. The number of nitrogens with one attached hydrogen (secondary N) is 4. The summed E-state index contributed by atoms with van der Waals surface area (Å²) in [5.74, 6) is 4.49. The Bertz CT molecular complexity index is 6370. The minimum Gasteiger partial charge on any atom is -0.493 e. The first-order valence-corrected chi connectivity index (χ1v) is 39.3. The van der Waals surface area contributed by atoms with Crippen LogP contribution >= 0.6 is 11.6 Å². The van der Waals surface area contributed by atoms with Crippen LogP contribution < -0.4 is 40.2 Å². The molecule has 0 saturated heterocycles. The SMILES string of the molecule is Cc1cn2c(NCc3c(F)ccc4c3CCO4)ncc(-c3cc(C)nn3C)c2n1.Cc1cn2c(NCc3c(F)ccc4c3CCO4)ncc(-c3ccc(CN(C)C)cc3)c2n1.Cc1cn2c(NCc3c(F)ccc4c3CCO4)ncc(-c3cnccc3Cl)c2n1.Cc1cn2c(NCc3c(F)ccc4c3CCO4)ncc(-c3cncnc3C)c2n1. The molecule has 31 heteroatoms. The number of aromatic nitrogens is 17. The van der Waals surface area contributed by atoms with Gasteiger partial charge in [0.05, 0.1) is 71.2 Å². The Hall–Kier alpha value is -13.6. The molecule has 11 aromatic heterocycles. The lowest BCUT2D eigenvalue weighted by atomic mass is 10.0. The predicted octanol–water partition coefficient (Wildman–Crippen LogP) is 15.8. The van der Waals surface area contributed by atoms with Crippen LogP contribution in [-0.4, -0.2) is 128 Å². The third-order valence-corrected chi connectivity index (χ3v) is 21.5. The smallest absolute Gasteiger partial charge is 0.208 e. The van der Waals surface area contributed by atoms with E-state index in [0.29, 0.717) is 122 Å². The van der Waals surface area contributed by atoms with Crippen molar-refractivity contribution in [3.8, 4) is 67.6 Å². The van der Waals surface area contributed by atoms with Gasteiger partial charge in [0.25, 0.3) is 0 Å². The molecule has 20 rings (SSSR count). The van der Waals surface area contributed by atoms with Gasteiger partial charge in [-0.25, -0.2) is 67.4 Å². The average Bonchev–Trinajstić information content (AvgIpc) is 1.67. The van der Waals surface area contributed by atoms with Gasteiger partial charge in [-0.3, -0.25) is 27.3 Å². The van der Waals surface area contributed by atoms with Gasteiger partial charge in [-0.05, 0) is 127 Å². The Morgan fingerprint density at radius 3 is 1.16 bits per heavy atom. The minimum absolute atomic E-state index is 0.228. The molecule has 0 spiro atoms. The molecule has 0 unspecified atom stereocenters. The quantitative estimate of drug-likeness (QED) is 0.0582. The minimum atomic E-state index is -0.251. The molecule has 4 N–H and O–H groups in total. The Kier molecular flexibility index (Phi) is 21.7. The Balaban J connectivity index is 0.000000114. The standard InChI is InChI=1S/C25H26FN5O.C21H17ClFN5O.C21H21FN6O.C21H19FN6O/c1-16-14-31-24(29-16)20(18-6-4-17(5-7-18)15-30(2)3)12-27-25(31)28-13-21-19-10-11-32-23(19)9-8-22(21)26;1-12-11-28-20(27-12)16(14-8-24-6-4-17(14)22)10-26-21(28)25-9-15-13-5-7-29-19(13)3-2-18(15)23;1-12-8-18(27(3)26-12)16-10-24-21(28-11-13(2)25-20(16)28)23-9-15-14-6-7-29-19(14)5-4-17(15)22;1-12-10-28-20(27-12)17(15-7-23-11-26-13(15)2)9-25-21(28)24-8-16-14-5-6-29-19(14)4-3-18(16)22/h4-9,12,14H,10-11,13,15H2,1-3H3,(H,27,28);2-4,6,8,10-11H,5,7,9H2,1H3,(H,25,26);4-5,8,10-11H,6-7,9H2,1-3H3,(H,23,24);3-4,7,9-11H,5-6,8H2,1-2H3,(H,24,25). The van der Waals surface area contributed by atoms with Crippen molar-refractivity contribution in [2.45, 2.75) is 99.9 Å². The zero-order valence-corrected chi connectivity index (χ0v) is 67.5. The second-order valence-electron chi connectivity index (χ2n) is 29.7. The average molecular weight is 1620 g/mol. The molecule has 4 aliphatic rings. The van der Waals surface area contributed by atoms with Crippen molar-refractivity contribution < 1.29 is 36.5 Å². The van der Waals surface area contributed by atoms with Crippen LogP contribution in [-0.2, 0) is 65.5 Å². The summed E-state index contributed by atoms with van der Waals surface area (Å²) < 4.78 is 89.5. The van der Waals surface area contributed by atoms with E-state index >= 15 is 0 Å². The highest BCUT2D eigenvalue weighted by Gasteiger charge is 2.27. The van der Waals surface area contributed by atoms with Gasteiger partial charge < -0.3 is 45.1 Å². The first kappa shape index (κ1) is 77.9. The highest BCUT2D eigenvalue weighted by molar-refractivity contribution is 6.33.